The van der Waals surface area contributed by atoms with Gasteiger partial charge in [-0.05, 0) is 47.2 Å². The third-order valence-corrected chi connectivity index (χ3v) is 5.99. The van der Waals surface area contributed by atoms with Crippen molar-refractivity contribution in [1.82, 2.24) is 4.90 Å². The summed E-state index contributed by atoms with van der Waals surface area (Å²) < 4.78 is 0.978. The van der Waals surface area contributed by atoms with Gasteiger partial charge in [-0.3, -0.25) is 4.79 Å². The zero-order chi connectivity index (χ0) is 13.1. The molecule has 1 aromatic carbocycles. The van der Waals surface area contributed by atoms with E-state index in [9.17, 15) is 4.79 Å². The van der Waals surface area contributed by atoms with Gasteiger partial charge in [0.2, 0.25) is 0 Å². The van der Waals surface area contributed by atoms with Gasteiger partial charge in [0.1, 0.15) is 0 Å². The van der Waals surface area contributed by atoms with Gasteiger partial charge in [0.15, 0.2) is 0 Å². The largest absolute Gasteiger partial charge is 0.337 e. The van der Waals surface area contributed by atoms with E-state index in [-0.39, 0.29) is 5.91 Å². The van der Waals surface area contributed by atoms with Crippen molar-refractivity contribution in [1.29, 1.82) is 0 Å². The Bertz CT molecular complexity index is 455. The first-order chi connectivity index (χ1) is 8.61. The van der Waals surface area contributed by atoms with Gasteiger partial charge < -0.3 is 4.90 Å². The van der Waals surface area contributed by atoms with Gasteiger partial charge in [-0.1, -0.05) is 18.5 Å². The first-order valence-corrected chi connectivity index (χ1v) is 8.48. The van der Waals surface area contributed by atoms with Crippen LogP contribution in [0.2, 0.25) is 5.02 Å². The summed E-state index contributed by atoms with van der Waals surface area (Å²) in [6.07, 6.45) is 1.11. The van der Waals surface area contributed by atoms with E-state index in [0.717, 1.165) is 28.8 Å². The monoisotopic (exact) mass is 395 g/mol. The van der Waals surface area contributed by atoms with Crippen LogP contribution in [0.5, 0.6) is 0 Å². The molecule has 1 amide bonds. The Kier molecular flexibility index (Phi) is 5.21. The predicted octanol–water partition coefficient (Wildman–Crippen LogP) is 3.91. The van der Waals surface area contributed by atoms with Crippen LogP contribution < -0.4 is 0 Å². The van der Waals surface area contributed by atoms with E-state index in [1.165, 1.54) is 0 Å². The van der Waals surface area contributed by atoms with Crippen LogP contribution in [0, 0.1) is 3.57 Å². The summed E-state index contributed by atoms with van der Waals surface area (Å²) in [6.45, 7) is 3.86. The summed E-state index contributed by atoms with van der Waals surface area (Å²) in [4.78, 5) is 14.3. The Morgan fingerprint density at radius 1 is 1.61 bits per heavy atom. The molecule has 18 heavy (non-hydrogen) atoms. The van der Waals surface area contributed by atoms with Gasteiger partial charge in [0, 0.05) is 33.2 Å². The van der Waals surface area contributed by atoms with E-state index in [2.05, 4.69) is 29.5 Å². The van der Waals surface area contributed by atoms with Gasteiger partial charge in [-0.25, -0.2) is 0 Å². The topological polar surface area (TPSA) is 20.3 Å². The molecule has 1 aromatic rings. The van der Waals surface area contributed by atoms with E-state index in [0.29, 0.717) is 15.8 Å². The van der Waals surface area contributed by atoms with Gasteiger partial charge in [0.25, 0.3) is 5.91 Å². The smallest absolute Gasteiger partial charge is 0.253 e. The second-order valence-corrected chi connectivity index (χ2v) is 7.26. The van der Waals surface area contributed by atoms with E-state index >= 15 is 0 Å². The van der Waals surface area contributed by atoms with Crippen LogP contribution in [0.3, 0.4) is 0 Å². The van der Waals surface area contributed by atoms with Crippen molar-refractivity contribution in [3.8, 4) is 0 Å². The van der Waals surface area contributed by atoms with E-state index in [1.807, 2.05) is 28.8 Å². The first-order valence-electron chi connectivity index (χ1n) is 5.97. The van der Waals surface area contributed by atoms with E-state index < -0.39 is 0 Å². The summed E-state index contributed by atoms with van der Waals surface area (Å²) >= 11 is 10.2. The van der Waals surface area contributed by atoms with Crippen LogP contribution in [0.4, 0.5) is 0 Å². The maximum atomic E-state index is 12.4. The summed E-state index contributed by atoms with van der Waals surface area (Å²) in [6, 6.07) is 5.53. The normalized spacial score (nSPS) is 19.9. The summed E-state index contributed by atoms with van der Waals surface area (Å²) in [5.74, 6) is 1.13. The standard InChI is InChI=1S/C13H15ClINOS/c1-2-10-8-16(5-6-18-10)13(17)9-3-4-12(15)11(14)7-9/h3-4,7,10H,2,5-6,8H2,1H3. The highest BCUT2D eigenvalue weighted by molar-refractivity contribution is 14.1. The first kappa shape index (κ1) is 14.5. The number of rotatable bonds is 2. The lowest BCUT2D eigenvalue weighted by molar-refractivity contribution is 0.0761. The molecule has 1 saturated heterocycles. The fourth-order valence-electron chi connectivity index (χ4n) is 1.96. The van der Waals surface area contributed by atoms with Crippen LogP contribution in [0.1, 0.15) is 23.7 Å². The minimum atomic E-state index is 0.104. The molecule has 1 fully saturated rings. The molecule has 1 aliphatic rings. The minimum absolute atomic E-state index is 0.104. The molecule has 98 valence electrons. The summed E-state index contributed by atoms with van der Waals surface area (Å²) in [5, 5.41) is 1.22. The van der Waals surface area contributed by atoms with E-state index in [1.54, 1.807) is 6.07 Å². The highest BCUT2D eigenvalue weighted by atomic mass is 127. The Morgan fingerprint density at radius 3 is 3.06 bits per heavy atom. The third-order valence-electron chi connectivity index (χ3n) is 3.05. The lowest BCUT2D eigenvalue weighted by atomic mass is 10.2. The maximum Gasteiger partial charge on any atom is 0.253 e. The second kappa shape index (κ2) is 6.48. The van der Waals surface area contributed by atoms with Crippen LogP contribution in [-0.2, 0) is 0 Å². The van der Waals surface area contributed by atoms with Crippen LogP contribution in [-0.4, -0.2) is 34.9 Å². The third kappa shape index (κ3) is 3.33. The Morgan fingerprint density at radius 2 is 2.39 bits per heavy atom. The average Bonchev–Trinajstić information content (AvgIpc) is 2.41. The Hall–Kier alpha value is 0.0600. The molecule has 0 N–H and O–H groups in total. The van der Waals surface area contributed by atoms with Crippen LogP contribution >= 0.6 is 46.0 Å². The SMILES string of the molecule is CCC1CN(C(=O)c2ccc(I)c(Cl)c2)CCS1. The Labute approximate surface area is 131 Å². The number of hydrogen-bond acceptors (Lipinski definition) is 2. The van der Waals surface area contributed by atoms with Crippen molar-refractivity contribution in [2.24, 2.45) is 0 Å². The molecular formula is C13H15ClINOS. The second-order valence-electron chi connectivity index (χ2n) is 4.28. The molecule has 1 heterocycles. The quantitative estimate of drug-likeness (QED) is 0.708. The van der Waals surface area contributed by atoms with Crippen molar-refractivity contribution in [2.75, 3.05) is 18.8 Å². The number of carbonyl (C=O) groups excluding carboxylic acids is 1. The fourth-order valence-corrected chi connectivity index (χ4v) is 3.66. The maximum absolute atomic E-state index is 12.4. The lowest BCUT2D eigenvalue weighted by Gasteiger charge is -2.32. The highest BCUT2D eigenvalue weighted by Gasteiger charge is 2.24. The molecule has 5 heteroatoms. The molecule has 0 radical (unpaired) electrons. The van der Waals surface area contributed by atoms with Crippen LogP contribution in [0.15, 0.2) is 18.2 Å². The van der Waals surface area contributed by atoms with Gasteiger partial charge in [-0.2, -0.15) is 11.8 Å². The molecule has 2 rings (SSSR count). The van der Waals surface area contributed by atoms with E-state index in [4.69, 9.17) is 11.6 Å². The molecular weight excluding hydrogens is 381 g/mol. The molecule has 0 aromatic heterocycles. The number of halogens is 2. The zero-order valence-corrected chi connectivity index (χ0v) is 13.9. The number of nitrogens with zero attached hydrogens (tertiary/aromatic N) is 1. The summed E-state index contributed by atoms with van der Waals surface area (Å²) in [5.41, 5.74) is 0.696. The van der Waals surface area contributed by atoms with Gasteiger partial charge in [0.05, 0.1) is 5.02 Å². The molecule has 0 bridgehead atoms. The zero-order valence-electron chi connectivity index (χ0n) is 10.2. The molecule has 0 aliphatic carbocycles. The number of benzene rings is 1. The average molecular weight is 396 g/mol. The predicted molar refractivity (Wildman–Crippen MR) is 86.6 cm³/mol. The molecule has 2 nitrogen and oxygen atoms in total. The molecule has 1 atom stereocenters. The van der Waals surface area contributed by atoms with Crippen molar-refractivity contribution in [3.63, 3.8) is 0 Å². The minimum Gasteiger partial charge on any atom is -0.337 e. The number of hydrogen-bond donors (Lipinski definition) is 0. The van der Waals surface area contributed by atoms with Crippen molar-refractivity contribution < 1.29 is 4.79 Å². The molecule has 1 unspecified atom stereocenters. The molecule has 1 aliphatic heterocycles. The molecule has 0 spiro atoms. The molecule has 0 saturated carbocycles. The van der Waals surface area contributed by atoms with Crippen molar-refractivity contribution in [2.45, 2.75) is 18.6 Å². The number of amides is 1. The van der Waals surface area contributed by atoms with Crippen LogP contribution in [0.25, 0.3) is 0 Å². The summed E-state index contributed by atoms with van der Waals surface area (Å²) in [7, 11) is 0. The van der Waals surface area contributed by atoms with Gasteiger partial charge >= 0.3 is 0 Å². The number of thioether (sulfide) groups is 1. The Balaban J connectivity index is 2.12. The lowest BCUT2D eigenvalue weighted by Crippen LogP contribution is -2.41. The van der Waals surface area contributed by atoms with Crippen molar-refractivity contribution >= 4 is 51.9 Å². The number of carbonyl (C=O) groups is 1. The van der Waals surface area contributed by atoms with Gasteiger partial charge in [-0.15, -0.1) is 0 Å². The highest BCUT2D eigenvalue weighted by Crippen LogP contribution is 2.24. The fraction of sp³-hybridized carbons (Fsp3) is 0.462. The van der Waals surface area contributed by atoms with Crippen molar-refractivity contribution in [3.05, 3.63) is 32.4 Å².